The average Bonchev–Trinajstić information content (AvgIpc) is 3.02. The number of rotatable bonds is 13. The molecule has 0 aromatic heterocycles. The monoisotopic (exact) mass is 579 g/mol. The predicted molar refractivity (Wildman–Crippen MR) is 172 cm³/mol. The zero-order valence-electron chi connectivity index (χ0n) is 23.9. The van der Waals surface area contributed by atoms with Crippen LogP contribution in [0.25, 0.3) is 0 Å². The number of ether oxygens (including phenoxy) is 3. The highest BCUT2D eigenvalue weighted by atomic mass is 35.5. The van der Waals surface area contributed by atoms with E-state index in [-0.39, 0.29) is 18.4 Å². The molecule has 0 saturated carbocycles. The maximum atomic E-state index is 6.53. The molecule has 216 valence electrons. The zero-order valence-corrected chi connectivity index (χ0v) is 24.8. The van der Waals surface area contributed by atoms with Gasteiger partial charge in [0.25, 0.3) is 0 Å². The van der Waals surface area contributed by atoms with Gasteiger partial charge in [0.15, 0.2) is 11.5 Å². The van der Waals surface area contributed by atoms with E-state index in [4.69, 9.17) is 19.9 Å². The fraction of sp³-hybridized carbons (Fsp3) is 0.189. The van der Waals surface area contributed by atoms with Gasteiger partial charge in [-0.3, -0.25) is 0 Å². The number of nitrogens with two attached hydrogens (primary N) is 1. The summed E-state index contributed by atoms with van der Waals surface area (Å²) >= 11 is 0. The molecule has 2 N–H and O–H groups in total. The van der Waals surface area contributed by atoms with Crippen molar-refractivity contribution >= 4 is 12.4 Å². The van der Waals surface area contributed by atoms with Crippen molar-refractivity contribution in [2.45, 2.75) is 45.6 Å². The van der Waals surface area contributed by atoms with Crippen LogP contribution in [0.5, 0.6) is 17.2 Å². The number of hydrogen-bond donors (Lipinski definition) is 1. The van der Waals surface area contributed by atoms with Crippen LogP contribution in [0.2, 0.25) is 0 Å². The van der Waals surface area contributed by atoms with Crippen molar-refractivity contribution < 1.29 is 14.2 Å². The lowest BCUT2D eigenvalue weighted by Crippen LogP contribution is -2.12. The van der Waals surface area contributed by atoms with Gasteiger partial charge in [-0.2, -0.15) is 0 Å². The number of aryl methyl sites for hydroxylation is 1. The molecule has 5 aromatic rings. The van der Waals surface area contributed by atoms with Crippen LogP contribution in [0.1, 0.15) is 46.3 Å². The molecule has 0 aliphatic rings. The van der Waals surface area contributed by atoms with Gasteiger partial charge in [-0.25, -0.2) is 0 Å². The van der Waals surface area contributed by atoms with E-state index in [1.54, 1.807) is 0 Å². The number of hydrogen-bond acceptors (Lipinski definition) is 4. The Balaban J connectivity index is 0.00000405. The van der Waals surface area contributed by atoms with Crippen LogP contribution in [0.15, 0.2) is 127 Å². The highest BCUT2D eigenvalue weighted by Crippen LogP contribution is 2.38. The summed E-state index contributed by atoms with van der Waals surface area (Å²) in [6.45, 7) is 3.46. The molecule has 0 fully saturated rings. The Hall–Kier alpha value is -4.25. The number of halogens is 1. The summed E-state index contributed by atoms with van der Waals surface area (Å²) in [5, 5.41) is 0. The summed E-state index contributed by atoms with van der Waals surface area (Å²) in [6, 6.07) is 42.8. The molecule has 0 aliphatic heterocycles. The van der Waals surface area contributed by atoms with Crippen LogP contribution in [0.4, 0.5) is 0 Å². The molecule has 0 radical (unpaired) electrons. The lowest BCUT2D eigenvalue weighted by molar-refractivity contribution is 0.253. The molecule has 5 rings (SSSR count). The Morgan fingerprint density at radius 3 is 1.64 bits per heavy atom. The van der Waals surface area contributed by atoms with Gasteiger partial charge in [0, 0.05) is 11.6 Å². The lowest BCUT2D eigenvalue weighted by Gasteiger charge is -2.21. The Labute approximate surface area is 255 Å². The molecule has 1 atom stereocenters. The standard InChI is InChI=1S/C37H37NO3.ClH/c1-28(38)34-22-23-36(40-26-31-14-7-3-8-15-31)37(41-27-32-16-9-4-10-17-32)35(34)21-20-29-18-11-19-33(24-29)39-25-30-12-5-2-6-13-30;/h2-19,22-24,28H,20-21,25-27,38H2,1H3;1H. The van der Waals surface area contributed by atoms with E-state index in [0.29, 0.717) is 19.8 Å². The maximum absolute atomic E-state index is 6.53. The van der Waals surface area contributed by atoms with E-state index < -0.39 is 0 Å². The average molecular weight is 580 g/mol. The molecule has 0 spiro atoms. The molecule has 5 aromatic carbocycles. The van der Waals surface area contributed by atoms with E-state index in [9.17, 15) is 0 Å². The first-order valence-corrected chi connectivity index (χ1v) is 14.2. The zero-order chi connectivity index (χ0) is 28.3. The molecule has 1 unspecified atom stereocenters. The van der Waals surface area contributed by atoms with Crippen LogP contribution in [0.3, 0.4) is 0 Å². The van der Waals surface area contributed by atoms with Crippen molar-refractivity contribution in [2.75, 3.05) is 0 Å². The summed E-state index contributed by atoms with van der Waals surface area (Å²) in [5.41, 5.74) is 13.2. The molecule has 4 nitrogen and oxygen atoms in total. The minimum atomic E-state index is -0.146. The third-order valence-electron chi connectivity index (χ3n) is 7.02. The van der Waals surface area contributed by atoms with Gasteiger partial charge in [-0.15, -0.1) is 12.4 Å². The second-order valence-corrected chi connectivity index (χ2v) is 10.2. The lowest BCUT2D eigenvalue weighted by atomic mass is 9.94. The van der Waals surface area contributed by atoms with Gasteiger partial charge in [0.2, 0.25) is 0 Å². The van der Waals surface area contributed by atoms with Crippen LogP contribution >= 0.6 is 12.4 Å². The summed E-state index contributed by atoms with van der Waals surface area (Å²) in [4.78, 5) is 0. The van der Waals surface area contributed by atoms with Gasteiger partial charge in [0.1, 0.15) is 25.6 Å². The quantitative estimate of drug-likeness (QED) is 0.152. The van der Waals surface area contributed by atoms with E-state index in [1.165, 1.54) is 5.56 Å². The van der Waals surface area contributed by atoms with Gasteiger partial charge >= 0.3 is 0 Å². The van der Waals surface area contributed by atoms with Crippen molar-refractivity contribution in [3.05, 3.63) is 161 Å². The fourth-order valence-corrected chi connectivity index (χ4v) is 4.84. The largest absolute Gasteiger partial charge is 0.489 e. The smallest absolute Gasteiger partial charge is 0.165 e. The molecule has 0 aliphatic carbocycles. The van der Waals surface area contributed by atoms with E-state index in [1.807, 2.05) is 79.7 Å². The first kappa shape index (κ1) is 30.7. The van der Waals surface area contributed by atoms with E-state index >= 15 is 0 Å². The molecule has 5 heteroatoms. The molecule has 0 amide bonds. The van der Waals surface area contributed by atoms with Crippen molar-refractivity contribution in [1.29, 1.82) is 0 Å². The van der Waals surface area contributed by atoms with Gasteiger partial charge < -0.3 is 19.9 Å². The Morgan fingerprint density at radius 1 is 0.548 bits per heavy atom. The van der Waals surface area contributed by atoms with E-state index in [2.05, 4.69) is 54.6 Å². The van der Waals surface area contributed by atoms with E-state index in [0.717, 1.165) is 57.9 Å². The molecular formula is C37H38ClNO3. The normalized spacial score (nSPS) is 11.3. The third-order valence-corrected chi connectivity index (χ3v) is 7.02. The Kier molecular flexibility index (Phi) is 11.5. The van der Waals surface area contributed by atoms with Crippen molar-refractivity contribution in [3.63, 3.8) is 0 Å². The highest BCUT2D eigenvalue weighted by molar-refractivity contribution is 5.85. The molecule has 42 heavy (non-hydrogen) atoms. The first-order valence-electron chi connectivity index (χ1n) is 14.2. The number of benzene rings is 5. The third kappa shape index (κ3) is 8.62. The predicted octanol–water partition coefficient (Wildman–Crippen LogP) is 8.65. The highest BCUT2D eigenvalue weighted by Gasteiger charge is 2.19. The second-order valence-electron chi connectivity index (χ2n) is 10.2. The molecular weight excluding hydrogens is 542 g/mol. The van der Waals surface area contributed by atoms with Gasteiger partial charge in [0.05, 0.1) is 0 Å². The van der Waals surface area contributed by atoms with Crippen molar-refractivity contribution in [1.82, 2.24) is 0 Å². The maximum Gasteiger partial charge on any atom is 0.165 e. The van der Waals surface area contributed by atoms with Crippen LogP contribution in [-0.4, -0.2) is 0 Å². The summed E-state index contributed by atoms with van der Waals surface area (Å²) in [5.74, 6) is 2.35. The minimum Gasteiger partial charge on any atom is -0.489 e. The van der Waals surface area contributed by atoms with Gasteiger partial charge in [-0.1, -0.05) is 109 Å². The van der Waals surface area contributed by atoms with Crippen LogP contribution in [0, 0.1) is 0 Å². The molecule has 0 saturated heterocycles. The van der Waals surface area contributed by atoms with Gasteiger partial charge in [-0.05, 0) is 65.8 Å². The summed E-state index contributed by atoms with van der Waals surface area (Å²) in [7, 11) is 0. The minimum absolute atomic E-state index is 0. The Bertz CT molecular complexity index is 1510. The molecule has 0 heterocycles. The first-order chi connectivity index (χ1) is 20.2. The van der Waals surface area contributed by atoms with Crippen LogP contribution in [-0.2, 0) is 32.7 Å². The topological polar surface area (TPSA) is 53.7 Å². The molecule has 0 bridgehead atoms. The van der Waals surface area contributed by atoms with Crippen LogP contribution < -0.4 is 19.9 Å². The Morgan fingerprint density at radius 2 is 1.07 bits per heavy atom. The SMILES string of the molecule is CC(N)c1ccc(OCc2ccccc2)c(OCc2ccccc2)c1CCc1cccc(OCc2ccccc2)c1.Cl. The van der Waals surface area contributed by atoms with Crippen molar-refractivity contribution in [2.24, 2.45) is 5.73 Å². The summed E-state index contributed by atoms with van der Waals surface area (Å²) < 4.78 is 19.0. The van der Waals surface area contributed by atoms with Crippen molar-refractivity contribution in [3.8, 4) is 17.2 Å². The summed E-state index contributed by atoms with van der Waals surface area (Å²) in [6.07, 6.45) is 1.57. The second kappa shape index (κ2) is 15.7. The fourth-order valence-electron chi connectivity index (χ4n) is 4.84.